The van der Waals surface area contributed by atoms with Gasteiger partial charge in [-0.1, -0.05) is 73.6 Å². The van der Waals surface area contributed by atoms with Gasteiger partial charge in [0.05, 0.1) is 0 Å². The summed E-state index contributed by atoms with van der Waals surface area (Å²) in [5.41, 5.74) is 0. The smallest absolute Gasteiger partial charge is 0.00691 e. The molecule has 0 radical (unpaired) electrons. The molecule has 0 amide bonds. The van der Waals surface area contributed by atoms with Crippen molar-refractivity contribution in [1.82, 2.24) is 0 Å². The molecule has 1 rings (SSSR count). The monoisotopic (exact) mass is 244 g/mol. The van der Waals surface area contributed by atoms with Gasteiger partial charge in [-0.2, -0.15) is 0 Å². The highest BCUT2D eigenvalue weighted by Crippen LogP contribution is 2.11. The van der Waals surface area contributed by atoms with Crippen LogP contribution in [0.15, 0.2) is 35.2 Å². The van der Waals surface area contributed by atoms with Crippen molar-refractivity contribution >= 4 is 11.8 Å². The van der Waals surface area contributed by atoms with Crippen LogP contribution in [-0.4, -0.2) is 6.26 Å². The van der Waals surface area contributed by atoms with Crippen LogP contribution in [-0.2, 0) is 0 Å². The van der Waals surface area contributed by atoms with E-state index in [9.17, 15) is 0 Å². The number of rotatable bonds is 1. The second-order valence-electron chi connectivity index (χ2n) is 1.52. The molecular weight excluding hydrogens is 212 g/mol. The maximum Gasteiger partial charge on any atom is 0.00691 e. The van der Waals surface area contributed by atoms with Crippen LogP contribution in [0.1, 0.15) is 55.4 Å². The van der Waals surface area contributed by atoms with Crippen molar-refractivity contribution in [3.63, 3.8) is 0 Å². The Balaban J connectivity index is -0.0000000771. The number of hydrogen-bond acceptors (Lipinski definition) is 1. The van der Waals surface area contributed by atoms with Gasteiger partial charge in [-0.25, -0.2) is 0 Å². The summed E-state index contributed by atoms with van der Waals surface area (Å²) in [5.74, 6) is 0. The van der Waals surface area contributed by atoms with E-state index in [-0.39, 0.29) is 0 Å². The zero-order valence-electron chi connectivity index (χ0n) is 12.8. The van der Waals surface area contributed by atoms with Crippen molar-refractivity contribution in [1.29, 1.82) is 0 Å². The van der Waals surface area contributed by atoms with Crippen molar-refractivity contribution in [2.24, 2.45) is 0 Å². The molecule has 0 unspecified atom stereocenters. The lowest BCUT2D eigenvalue weighted by molar-refractivity contribution is 1.47. The minimum atomic E-state index is 1.33. The minimum absolute atomic E-state index is 1.33. The molecule has 0 saturated heterocycles. The first kappa shape index (κ1) is 24.7. The van der Waals surface area contributed by atoms with Gasteiger partial charge in [0.2, 0.25) is 0 Å². The molecule has 0 aromatic heterocycles. The molecule has 0 aliphatic heterocycles. The highest BCUT2D eigenvalue weighted by Gasteiger charge is 1.80. The van der Waals surface area contributed by atoms with Gasteiger partial charge in [-0.05, 0) is 18.4 Å². The molecular formula is C15H32S. The van der Waals surface area contributed by atoms with Crippen molar-refractivity contribution in [2.75, 3.05) is 6.26 Å². The molecule has 0 bridgehead atoms. The highest BCUT2D eigenvalue weighted by molar-refractivity contribution is 7.98. The van der Waals surface area contributed by atoms with Gasteiger partial charge >= 0.3 is 0 Å². The van der Waals surface area contributed by atoms with Crippen LogP contribution in [0.25, 0.3) is 0 Å². The summed E-state index contributed by atoms with van der Waals surface area (Å²) in [5, 5.41) is 0. The number of benzene rings is 1. The fourth-order valence-electron chi connectivity index (χ4n) is 0.557. The molecule has 1 aromatic rings. The van der Waals surface area contributed by atoms with Crippen LogP contribution in [0.3, 0.4) is 0 Å². The molecule has 0 spiro atoms. The highest BCUT2D eigenvalue weighted by atomic mass is 32.2. The standard InChI is InChI=1S/C7H8S.4C2H6/c1-8-7-5-3-2-4-6-7;4*1-2/h2-6H,1H3;4*1-2H3. The van der Waals surface area contributed by atoms with Crippen molar-refractivity contribution < 1.29 is 0 Å². The van der Waals surface area contributed by atoms with Gasteiger partial charge in [0.1, 0.15) is 0 Å². The number of thioether (sulfide) groups is 1. The van der Waals surface area contributed by atoms with E-state index >= 15 is 0 Å². The lowest BCUT2D eigenvalue weighted by Crippen LogP contribution is -1.62. The average molecular weight is 244 g/mol. The normalized spacial score (nSPS) is 6.06. The summed E-state index contributed by atoms with van der Waals surface area (Å²) in [7, 11) is 0. The Morgan fingerprint density at radius 3 is 1.12 bits per heavy atom. The van der Waals surface area contributed by atoms with E-state index in [2.05, 4.69) is 18.4 Å². The Hall–Kier alpha value is -0.430. The molecule has 1 heteroatoms. The summed E-state index contributed by atoms with van der Waals surface area (Å²) < 4.78 is 0. The van der Waals surface area contributed by atoms with Crippen LogP contribution in [0.2, 0.25) is 0 Å². The fraction of sp³-hybridized carbons (Fsp3) is 0.600. The van der Waals surface area contributed by atoms with E-state index < -0.39 is 0 Å². The molecule has 0 aliphatic carbocycles. The molecule has 98 valence electrons. The minimum Gasteiger partial charge on any atom is -0.130 e. The SMILES string of the molecule is CC.CC.CC.CC.CSc1ccccc1. The lowest BCUT2D eigenvalue weighted by atomic mass is 10.4. The first-order valence-electron chi connectivity index (χ1n) is 6.52. The molecule has 0 atom stereocenters. The van der Waals surface area contributed by atoms with E-state index in [4.69, 9.17) is 0 Å². The maximum atomic E-state index is 2.10. The molecule has 0 saturated carbocycles. The molecule has 16 heavy (non-hydrogen) atoms. The van der Waals surface area contributed by atoms with Gasteiger partial charge in [-0.15, -0.1) is 11.8 Å². The van der Waals surface area contributed by atoms with Gasteiger partial charge in [0.15, 0.2) is 0 Å². The van der Waals surface area contributed by atoms with E-state index in [0.717, 1.165) is 0 Å². The van der Waals surface area contributed by atoms with Gasteiger partial charge in [0, 0.05) is 4.90 Å². The van der Waals surface area contributed by atoms with E-state index in [1.54, 1.807) is 11.8 Å². The first-order chi connectivity index (χ1) is 7.93. The molecule has 0 N–H and O–H groups in total. The third kappa shape index (κ3) is 23.4. The summed E-state index contributed by atoms with van der Waals surface area (Å²) in [6, 6.07) is 10.3. The second kappa shape index (κ2) is 36.5. The second-order valence-corrected chi connectivity index (χ2v) is 2.40. The lowest BCUT2D eigenvalue weighted by Gasteiger charge is -1.89. The Kier molecular flexibility index (Phi) is 56.4. The molecule has 1 aromatic carbocycles. The van der Waals surface area contributed by atoms with Crippen molar-refractivity contribution in [3.05, 3.63) is 30.3 Å². The van der Waals surface area contributed by atoms with Crippen LogP contribution in [0.4, 0.5) is 0 Å². The van der Waals surface area contributed by atoms with Crippen LogP contribution in [0, 0.1) is 0 Å². The molecule has 0 fully saturated rings. The fourth-order valence-corrected chi connectivity index (χ4v) is 0.986. The first-order valence-corrected chi connectivity index (χ1v) is 7.75. The Morgan fingerprint density at radius 1 is 0.625 bits per heavy atom. The van der Waals surface area contributed by atoms with Gasteiger partial charge in [-0.3, -0.25) is 0 Å². The molecule has 0 heterocycles. The summed E-state index contributed by atoms with van der Waals surface area (Å²) in [6.45, 7) is 16.0. The average Bonchev–Trinajstić information content (AvgIpc) is 2.48. The predicted octanol–water partition coefficient (Wildman–Crippen LogP) is 6.51. The van der Waals surface area contributed by atoms with Gasteiger partial charge in [0.25, 0.3) is 0 Å². The Labute approximate surface area is 109 Å². The summed E-state index contributed by atoms with van der Waals surface area (Å²) in [4.78, 5) is 1.33. The molecule has 0 nitrogen and oxygen atoms in total. The van der Waals surface area contributed by atoms with Crippen LogP contribution in [0.5, 0.6) is 0 Å². The Morgan fingerprint density at radius 2 is 0.938 bits per heavy atom. The van der Waals surface area contributed by atoms with Crippen molar-refractivity contribution in [2.45, 2.75) is 60.3 Å². The third-order valence-corrected chi connectivity index (χ3v) is 1.72. The van der Waals surface area contributed by atoms with E-state index in [1.807, 2.05) is 73.6 Å². The predicted molar refractivity (Wildman–Crippen MR) is 83.6 cm³/mol. The van der Waals surface area contributed by atoms with Gasteiger partial charge < -0.3 is 0 Å². The summed E-state index contributed by atoms with van der Waals surface area (Å²) in [6.07, 6.45) is 2.08. The van der Waals surface area contributed by atoms with Crippen molar-refractivity contribution in [3.8, 4) is 0 Å². The van der Waals surface area contributed by atoms with Crippen LogP contribution < -0.4 is 0 Å². The van der Waals surface area contributed by atoms with E-state index in [0.29, 0.717) is 0 Å². The third-order valence-electron chi connectivity index (χ3n) is 0.979. The van der Waals surface area contributed by atoms with Crippen LogP contribution >= 0.6 is 11.8 Å². The maximum absolute atomic E-state index is 2.10. The largest absolute Gasteiger partial charge is 0.130 e. The number of hydrogen-bond donors (Lipinski definition) is 0. The Bertz CT molecular complexity index is 147. The molecule has 0 aliphatic rings. The zero-order chi connectivity index (χ0) is 13.8. The van der Waals surface area contributed by atoms with E-state index in [1.165, 1.54) is 4.90 Å². The zero-order valence-corrected chi connectivity index (χ0v) is 13.6. The quantitative estimate of drug-likeness (QED) is 0.507. The summed E-state index contributed by atoms with van der Waals surface area (Å²) >= 11 is 1.77. The topological polar surface area (TPSA) is 0 Å².